The molecular weight excluding hydrogens is 853 g/mol. The number of hydrogen-bond acceptors (Lipinski definition) is 12. The fraction of sp³-hybridized carbons (Fsp3) is 0.595. The molecule has 22 heteroatoms. The maximum atomic E-state index is 14.2. The van der Waals surface area contributed by atoms with E-state index in [1.54, 1.807) is 13.1 Å². The summed E-state index contributed by atoms with van der Waals surface area (Å²) in [5, 5.41) is 33.4. The number of carbonyl (C=O) groups excluding carboxylic acids is 8. The zero-order chi connectivity index (χ0) is 47.4. The topological polar surface area (TPSA) is 329 Å². The molecule has 0 aliphatic carbocycles. The number of hydrogen-bond donors (Lipinski definition) is 11. The van der Waals surface area contributed by atoms with Crippen molar-refractivity contribution in [3.05, 3.63) is 36.0 Å². The van der Waals surface area contributed by atoms with Crippen LogP contribution in [0.3, 0.4) is 0 Å². The van der Waals surface area contributed by atoms with Crippen LogP contribution in [0.4, 0.5) is 0 Å². The average Bonchev–Trinajstić information content (AvgIpc) is 4.03. The van der Waals surface area contributed by atoms with Gasteiger partial charge < -0.3 is 63.0 Å². The number of β-amino-alcohol motifs (C(OH)–C–C–N with tert-alkyl or cyclic N) is 1. The van der Waals surface area contributed by atoms with Gasteiger partial charge in [-0.1, -0.05) is 58.7 Å². The van der Waals surface area contributed by atoms with E-state index in [0.717, 1.165) is 21.4 Å². The Labute approximate surface area is 376 Å². The van der Waals surface area contributed by atoms with E-state index in [9.17, 15) is 53.4 Å². The van der Waals surface area contributed by atoms with Crippen LogP contribution in [0.5, 0.6) is 0 Å². The number of benzene rings is 1. The second-order valence-electron chi connectivity index (χ2n) is 16.6. The molecule has 0 radical (unpaired) electrons. The molecule has 0 saturated carbocycles. The van der Waals surface area contributed by atoms with Crippen molar-refractivity contribution in [1.29, 1.82) is 0 Å². The van der Waals surface area contributed by atoms with Crippen LogP contribution in [0.25, 0.3) is 10.9 Å². The van der Waals surface area contributed by atoms with Gasteiger partial charge in [-0.25, -0.2) is 4.79 Å². The highest BCUT2D eigenvalue weighted by Crippen LogP contribution is 2.23. The molecule has 1 aromatic heterocycles. The lowest BCUT2D eigenvalue weighted by atomic mass is 9.97. The van der Waals surface area contributed by atoms with Gasteiger partial charge in [0.2, 0.25) is 47.3 Å². The summed E-state index contributed by atoms with van der Waals surface area (Å²) in [6.07, 6.45) is 1.41. The van der Waals surface area contributed by atoms with Crippen LogP contribution >= 0.6 is 12.6 Å². The molecule has 21 nitrogen and oxygen atoms in total. The molecular formula is C42H62N10O11S. The number of aliphatic hydroxyl groups is 1. The first kappa shape index (κ1) is 50.9. The number of H-pyrrole nitrogens is 1. The number of likely N-dealkylation sites (tertiary alicyclic amines) is 2. The van der Waals surface area contributed by atoms with E-state index in [-0.39, 0.29) is 44.0 Å². The first-order valence-corrected chi connectivity index (χ1v) is 22.1. The quantitative estimate of drug-likeness (QED) is 0.0574. The van der Waals surface area contributed by atoms with Gasteiger partial charge in [-0.15, -0.1) is 0 Å². The van der Waals surface area contributed by atoms with Gasteiger partial charge in [0, 0.05) is 48.8 Å². The summed E-state index contributed by atoms with van der Waals surface area (Å²) in [6, 6.07) is -1.14. The van der Waals surface area contributed by atoms with Crippen molar-refractivity contribution in [2.45, 2.75) is 121 Å². The largest absolute Gasteiger partial charge is 0.480 e. The second-order valence-corrected chi connectivity index (χ2v) is 16.9. The number of aliphatic carboxylic acids is 1. The van der Waals surface area contributed by atoms with Crippen LogP contribution in [0.2, 0.25) is 0 Å². The van der Waals surface area contributed by atoms with Crippen molar-refractivity contribution >= 4 is 76.8 Å². The first-order chi connectivity index (χ1) is 30.3. The smallest absolute Gasteiger partial charge is 0.326 e. The van der Waals surface area contributed by atoms with Crippen molar-refractivity contribution in [3.8, 4) is 0 Å². The molecule has 4 rings (SSSR count). The molecule has 64 heavy (non-hydrogen) atoms. The predicted octanol–water partition coefficient (Wildman–Crippen LogP) is -1.97. The SMILES string of the molecule is CC[C@H](C)[C@H](N)C(=O)N[C@@H](Cc1c[nH]c2ccccc12)C(=O)NCC(=O)N[C@H](C(=O)N1CCC[C@@H]1C(=O)N[C@@H](CS)C(=O)N[C@@H](CC(N)=O)C(=O)N1C[C@H](O)C[C@H]1C(=O)O)[C@@H](C)CC. The summed E-state index contributed by atoms with van der Waals surface area (Å²) in [5.41, 5.74) is 13.1. The maximum absolute atomic E-state index is 14.2. The number of aromatic nitrogens is 1. The van der Waals surface area contributed by atoms with E-state index in [1.807, 2.05) is 45.0 Å². The van der Waals surface area contributed by atoms with Gasteiger partial charge in [0.25, 0.3) is 0 Å². The Bertz CT molecular complexity index is 2050. The van der Waals surface area contributed by atoms with Crippen molar-refractivity contribution in [1.82, 2.24) is 41.4 Å². The lowest BCUT2D eigenvalue weighted by molar-refractivity contribution is -0.149. The van der Waals surface area contributed by atoms with Crippen molar-refractivity contribution in [3.63, 3.8) is 0 Å². The predicted molar refractivity (Wildman–Crippen MR) is 236 cm³/mol. The minimum atomic E-state index is -1.62. The molecule has 2 aliphatic rings. The minimum Gasteiger partial charge on any atom is -0.480 e. The highest BCUT2D eigenvalue weighted by atomic mass is 32.1. The fourth-order valence-electron chi connectivity index (χ4n) is 7.82. The molecule has 8 amide bonds. The number of rotatable bonds is 22. The number of primary amides is 1. The number of thiol groups is 1. The molecule has 3 heterocycles. The number of nitrogens with one attached hydrogen (secondary N) is 6. The van der Waals surface area contributed by atoms with Gasteiger partial charge in [0.05, 0.1) is 25.1 Å². The third-order valence-electron chi connectivity index (χ3n) is 12.0. The van der Waals surface area contributed by atoms with Crippen molar-refractivity contribution in [2.75, 3.05) is 25.4 Å². The van der Waals surface area contributed by atoms with Gasteiger partial charge >= 0.3 is 5.97 Å². The lowest BCUT2D eigenvalue weighted by Gasteiger charge is -2.32. The molecule has 2 fully saturated rings. The number of fused-ring (bicyclic) bond motifs is 1. The number of amides is 8. The fourth-order valence-corrected chi connectivity index (χ4v) is 8.07. The molecule has 0 unspecified atom stereocenters. The van der Waals surface area contributed by atoms with Crippen LogP contribution in [0.15, 0.2) is 30.5 Å². The van der Waals surface area contributed by atoms with Crippen molar-refractivity contribution in [2.24, 2.45) is 23.3 Å². The minimum absolute atomic E-state index is 0.0848. The number of carboxylic acids is 1. The number of para-hydroxylation sites is 1. The van der Waals surface area contributed by atoms with Crippen LogP contribution in [-0.4, -0.2) is 152 Å². The zero-order valence-electron chi connectivity index (χ0n) is 36.5. The molecule has 352 valence electrons. The Hall–Kier alpha value is -5.74. The molecule has 2 aliphatic heterocycles. The third kappa shape index (κ3) is 12.9. The lowest BCUT2D eigenvalue weighted by Crippen LogP contribution is -2.60. The van der Waals surface area contributed by atoms with E-state index in [4.69, 9.17) is 11.5 Å². The van der Waals surface area contributed by atoms with Gasteiger partial charge in [-0.05, 0) is 36.3 Å². The van der Waals surface area contributed by atoms with E-state index in [0.29, 0.717) is 19.3 Å². The van der Waals surface area contributed by atoms with E-state index >= 15 is 0 Å². The molecule has 10 atom stereocenters. The highest BCUT2D eigenvalue weighted by molar-refractivity contribution is 7.80. The van der Waals surface area contributed by atoms with Crippen LogP contribution in [-0.2, 0) is 49.6 Å². The van der Waals surface area contributed by atoms with Gasteiger partial charge in [-0.2, -0.15) is 12.6 Å². The molecule has 2 aromatic rings. The van der Waals surface area contributed by atoms with E-state index in [2.05, 4.69) is 44.2 Å². The Balaban J connectivity index is 1.42. The Morgan fingerprint density at radius 3 is 2.17 bits per heavy atom. The van der Waals surface area contributed by atoms with Crippen LogP contribution in [0.1, 0.15) is 71.8 Å². The van der Waals surface area contributed by atoms with Crippen molar-refractivity contribution < 1.29 is 53.4 Å². The van der Waals surface area contributed by atoms with Crippen LogP contribution in [0, 0.1) is 11.8 Å². The molecule has 0 spiro atoms. The van der Waals surface area contributed by atoms with Gasteiger partial charge in [-0.3, -0.25) is 38.4 Å². The summed E-state index contributed by atoms with van der Waals surface area (Å²) in [6.45, 7) is 6.52. The Morgan fingerprint density at radius 1 is 0.859 bits per heavy atom. The monoisotopic (exact) mass is 914 g/mol. The number of carbonyl (C=O) groups is 9. The standard InChI is InChI=1S/C42H62N10O11S/c1-5-21(3)34(44)39(59)47-27(14-23-17-45-26-11-8-7-10-25(23)26)36(56)46-18-33(55)50-35(22(4)6-2)41(61)51-13-9-12-30(51)38(58)49-29(20-64)37(57)48-28(16-32(43)54)40(60)52-19-24(53)15-31(52)42(62)63/h7-8,10-11,17,21-22,24,27-31,34-35,45,53,64H,5-6,9,12-16,18-20,44H2,1-4H3,(H2,43,54)(H,46,56)(H,47,59)(H,48,57)(H,49,58)(H,50,55)(H,62,63)/t21-,22-,24+,27-,28-,29-,30+,31-,34-,35-/m0/s1. The third-order valence-corrected chi connectivity index (χ3v) is 12.4. The number of nitrogens with zero attached hydrogens (tertiary/aromatic N) is 2. The number of aromatic amines is 1. The summed E-state index contributed by atoms with van der Waals surface area (Å²) < 4.78 is 0. The van der Waals surface area contributed by atoms with Gasteiger partial charge in [0.1, 0.15) is 36.3 Å². The number of carboxylic acid groups (broad SMARTS) is 1. The summed E-state index contributed by atoms with van der Waals surface area (Å²) >= 11 is 4.19. The Morgan fingerprint density at radius 2 is 1.53 bits per heavy atom. The molecule has 12 N–H and O–H groups in total. The van der Waals surface area contributed by atoms with Crippen LogP contribution < -0.4 is 38.1 Å². The number of aliphatic hydroxyl groups excluding tert-OH is 1. The highest BCUT2D eigenvalue weighted by Gasteiger charge is 2.43. The maximum Gasteiger partial charge on any atom is 0.326 e. The molecule has 0 bridgehead atoms. The summed E-state index contributed by atoms with van der Waals surface area (Å²) in [5.74, 6) is -8.36. The molecule has 1 aromatic carbocycles. The normalized spacial score (nSPS) is 20.5. The average molecular weight is 915 g/mol. The van der Waals surface area contributed by atoms with E-state index < -0.39 is 121 Å². The number of nitrogens with two attached hydrogens (primary N) is 2. The van der Waals surface area contributed by atoms with E-state index in [1.165, 1.54) is 4.90 Å². The zero-order valence-corrected chi connectivity index (χ0v) is 37.4. The molecule has 2 saturated heterocycles. The summed E-state index contributed by atoms with van der Waals surface area (Å²) in [7, 11) is 0. The summed E-state index contributed by atoms with van der Waals surface area (Å²) in [4.78, 5) is 124. The Kier molecular flexibility index (Phi) is 18.5. The first-order valence-electron chi connectivity index (χ1n) is 21.5. The van der Waals surface area contributed by atoms with Gasteiger partial charge in [0.15, 0.2) is 0 Å². The second kappa shape index (κ2) is 23.3.